The van der Waals surface area contributed by atoms with Crippen molar-refractivity contribution in [3.63, 3.8) is 0 Å². The van der Waals surface area contributed by atoms with E-state index in [0.29, 0.717) is 29.3 Å². The molecule has 2 heterocycles. The molecule has 6 aromatic rings. The van der Waals surface area contributed by atoms with Gasteiger partial charge in [0.2, 0.25) is 11.6 Å². The first kappa shape index (κ1) is 50.8. The van der Waals surface area contributed by atoms with Crippen LogP contribution in [0.3, 0.4) is 0 Å². The van der Waals surface area contributed by atoms with Crippen LogP contribution in [0.4, 0.5) is 0 Å². The van der Waals surface area contributed by atoms with Gasteiger partial charge in [-0.05, 0) is 98.8 Å². The predicted molar refractivity (Wildman–Crippen MR) is 262 cm³/mol. The van der Waals surface area contributed by atoms with Gasteiger partial charge in [-0.3, -0.25) is 28.5 Å². The van der Waals surface area contributed by atoms with Crippen LogP contribution in [-0.4, -0.2) is 119 Å². The number of amides is 2. The Balaban J connectivity index is 0.913. The zero-order valence-corrected chi connectivity index (χ0v) is 40.8. The number of benzene rings is 5. The van der Waals surface area contributed by atoms with E-state index in [1.54, 1.807) is 56.3 Å². The smallest absolute Gasteiger partial charge is 0.289 e. The van der Waals surface area contributed by atoms with Gasteiger partial charge < -0.3 is 60.2 Å². The summed E-state index contributed by atoms with van der Waals surface area (Å²) in [5, 5.41) is 80.1. The van der Waals surface area contributed by atoms with Crippen LogP contribution in [-0.2, 0) is 20.7 Å². The highest BCUT2D eigenvalue weighted by atomic mass is 16.7. The highest BCUT2D eigenvalue weighted by molar-refractivity contribution is 6.31. The molecule has 5 unspecified atom stereocenters. The van der Waals surface area contributed by atoms with Crippen molar-refractivity contribution in [1.29, 1.82) is 0 Å². The number of aliphatic hydroxyl groups is 2. The molecule has 0 spiro atoms. The first-order chi connectivity index (χ1) is 35.4. The van der Waals surface area contributed by atoms with E-state index in [-0.39, 0.29) is 87.5 Å². The number of Topliss-reactive ketones (excluding diaryl/α,β-unsaturated/α-hetero) is 1. The number of aliphatic hydroxyl groups excluding tert-OH is 2. The molecule has 1 aliphatic heterocycles. The number of nitrogens with one attached hydrogen (secondary N) is 2. The second-order valence-corrected chi connectivity index (χ2v) is 18.6. The van der Waals surface area contributed by atoms with Crippen molar-refractivity contribution in [3.8, 4) is 57.3 Å². The van der Waals surface area contributed by atoms with Crippen LogP contribution in [0.25, 0.3) is 17.1 Å². The minimum Gasteiger partial charge on any atom is -0.508 e. The Bertz CT molecular complexity index is 3220. The number of phenols is 4. The molecular weight excluding hydrogens is 959 g/mol. The fraction of sp³-hybridized carbons (Fsp3) is 0.315. The number of aromatic hydroxyl groups is 4. The number of hydrogen-bond donors (Lipinski definition) is 8. The molecule has 0 bridgehead atoms. The third-order valence-corrected chi connectivity index (χ3v) is 13.6. The molecule has 2 aliphatic carbocycles. The number of phenolic OH excluding ortho intramolecular Hbond substituents is 4. The maximum Gasteiger partial charge on any atom is 0.289 e. The fourth-order valence-corrected chi connectivity index (χ4v) is 9.89. The summed E-state index contributed by atoms with van der Waals surface area (Å²) in [4.78, 5) is 67.8. The van der Waals surface area contributed by atoms with E-state index in [1.165, 1.54) is 48.1 Å². The van der Waals surface area contributed by atoms with Crippen molar-refractivity contribution in [2.75, 3.05) is 20.3 Å². The summed E-state index contributed by atoms with van der Waals surface area (Å²) in [5.74, 6) is -4.85. The molecule has 1 saturated heterocycles. The van der Waals surface area contributed by atoms with Crippen molar-refractivity contribution in [2.24, 2.45) is 5.92 Å². The molecule has 0 radical (unpaired) electrons. The number of fused-ring (bicyclic) bond motifs is 3. The fourth-order valence-electron chi connectivity index (χ4n) is 9.89. The number of hydrogen-bond acceptors (Lipinski definition) is 17. The number of aromatic nitrogens is 3. The van der Waals surface area contributed by atoms with E-state index in [4.69, 9.17) is 18.9 Å². The maximum atomic E-state index is 14.1. The van der Waals surface area contributed by atoms with Crippen molar-refractivity contribution in [1.82, 2.24) is 25.4 Å². The largest absolute Gasteiger partial charge is 0.508 e. The SMILES string of the molecule is CCNC(=O)c1nnc(-c2cc(C(C)C)c(O)cc2O)n1-c1ccc(Oc2ccc(C(=O)NC3CC(O[C@H]4CC(C(=O)CO)Cc5c(O)c6c(c(O)c54)C(=O)c4c(OC)cccc4C6=O)OC(C)C3O)cc2)cc1. The van der Waals surface area contributed by atoms with Crippen LogP contribution in [0.15, 0.2) is 78.9 Å². The lowest BCUT2D eigenvalue weighted by atomic mass is 9.73. The van der Waals surface area contributed by atoms with Gasteiger partial charge in [0.05, 0.1) is 47.6 Å². The highest BCUT2D eigenvalue weighted by Crippen LogP contribution is 2.52. The molecule has 20 heteroatoms. The Morgan fingerprint density at radius 1 is 0.838 bits per heavy atom. The summed E-state index contributed by atoms with van der Waals surface area (Å²) in [6.07, 6.45) is -5.01. The normalized spacial score (nSPS) is 20.1. The molecular formula is C54H53N5O15. The molecule has 384 valence electrons. The van der Waals surface area contributed by atoms with Crippen LogP contribution < -0.4 is 20.1 Å². The first-order valence-electron chi connectivity index (χ1n) is 23.9. The topological polar surface area (TPSA) is 298 Å². The van der Waals surface area contributed by atoms with Crippen molar-refractivity contribution in [2.45, 2.75) is 83.5 Å². The summed E-state index contributed by atoms with van der Waals surface area (Å²) in [6.45, 7) is 6.59. The lowest BCUT2D eigenvalue weighted by molar-refractivity contribution is -0.245. The number of methoxy groups -OCH3 is 1. The van der Waals surface area contributed by atoms with E-state index in [9.17, 15) is 54.6 Å². The van der Waals surface area contributed by atoms with E-state index < -0.39 is 95.0 Å². The van der Waals surface area contributed by atoms with E-state index in [0.717, 1.165) is 0 Å². The van der Waals surface area contributed by atoms with Gasteiger partial charge in [-0.2, -0.15) is 0 Å². The number of carbonyl (C=O) groups excluding carboxylic acids is 5. The van der Waals surface area contributed by atoms with Gasteiger partial charge in [0.1, 0.15) is 53.0 Å². The van der Waals surface area contributed by atoms with Gasteiger partial charge in [0.25, 0.3) is 11.8 Å². The molecule has 2 amide bonds. The third kappa shape index (κ3) is 9.16. The zero-order chi connectivity index (χ0) is 52.9. The van der Waals surface area contributed by atoms with Gasteiger partial charge in [0.15, 0.2) is 23.7 Å². The summed E-state index contributed by atoms with van der Waals surface area (Å²) < 4.78 is 25.4. The zero-order valence-electron chi connectivity index (χ0n) is 40.8. The Hall–Kier alpha value is -8.17. The van der Waals surface area contributed by atoms with Crippen molar-refractivity contribution < 1.29 is 73.6 Å². The molecule has 1 fully saturated rings. The summed E-state index contributed by atoms with van der Waals surface area (Å²) in [5.41, 5.74) is 0.376. The molecule has 20 nitrogen and oxygen atoms in total. The minimum atomic E-state index is -1.24. The lowest BCUT2D eigenvalue weighted by Gasteiger charge is -2.41. The summed E-state index contributed by atoms with van der Waals surface area (Å²) in [6, 6.07) is 19.1. The van der Waals surface area contributed by atoms with E-state index in [1.807, 2.05) is 13.8 Å². The average Bonchev–Trinajstić information content (AvgIpc) is 3.83. The second kappa shape index (κ2) is 20.4. The van der Waals surface area contributed by atoms with Gasteiger partial charge in [-0.15, -0.1) is 10.2 Å². The Morgan fingerprint density at radius 3 is 2.19 bits per heavy atom. The Kier molecular flexibility index (Phi) is 14.0. The Morgan fingerprint density at radius 2 is 1.53 bits per heavy atom. The Labute approximate surface area is 423 Å². The van der Waals surface area contributed by atoms with Crippen molar-refractivity contribution in [3.05, 3.63) is 129 Å². The predicted octanol–water partition coefficient (Wildman–Crippen LogP) is 5.68. The molecule has 0 saturated carbocycles. The number of ether oxygens (including phenoxy) is 4. The lowest BCUT2D eigenvalue weighted by Crippen LogP contribution is -2.55. The van der Waals surface area contributed by atoms with Crippen LogP contribution in [0, 0.1) is 5.92 Å². The highest BCUT2D eigenvalue weighted by Gasteiger charge is 2.46. The molecule has 1 aromatic heterocycles. The molecule has 74 heavy (non-hydrogen) atoms. The molecule has 5 aromatic carbocycles. The molecule has 8 N–H and O–H groups in total. The van der Waals surface area contributed by atoms with Crippen LogP contribution in [0.5, 0.6) is 40.2 Å². The van der Waals surface area contributed by atoms with Gasteiger partial charge in [-0.1, -0.05) is 26.0 Å². The first-order valence-corrected chi connectivity index (χ1v) is 23.9. The number of carbonyl (C=O) groups is 5. The van der Waals surface area contributed by atoms with E-state index in [2.05, 4.69) is 20.8 Å². The van der Waals surface area contributed by atoms with Crippen molar-refractivity contribution >= 4 is 29.2 Å². The minimum absolute atomic E-state index is 0.0171. The number of rotatable bonds is 14. The van der Waals surface area contributed by atoms with Crippen LogP contribution in [0.1, 0.15) is 122 Å². The van der Waals surface area contributed by atoms with Gasteiger partial charge in [0, 0.05) is 52.9 Å². The second-order valence-electron chi connectivity index (χ2n) is 18.6. The third-order valence-electron chi connectivity index (χ3n) is 13.6. The van der Waals surface area contributed by atoms with Crippen LogP contribution >= 0.6 is 0 Å². The number of nitrogens with zero attached hydrogens (tertiary/aromatic N) is 3. The summed E-state index contributed by atoms with van der Waals surface area (Å²) in [7, 11) is 1.32. The van der Waals surface area contributed by atoms with Gasteiger partial charge in [-0.25, -0.2) is 0 Å². The van der Waals surface area contributed by atoms with Crippen LogP contribution in [0.2, 0.25) is 0 Å². The standard InChI is InChI=1S/C54H53N5O15/c1-6-55-54(70)52-58-57-51(33-20-32(24(2)3)36(61)22-37(33)62)59(52)28-12-16-30(17-13-28)73-29-14-10-26(11-15-29)53(69)56-35-21-41(72-25(4)46(35)64)74-40-19-27(38(63)23-60)18-34-43(40)50(68)45-44(48(34)66)47(65)31-8-7-9-39(71-5)42(31)49(45)67/h7-17,20,22,24-25,27,35,40-41,46,60-62,64,66,68H,6,18-19,21,23H2,1-5H3,(H,55,70)(H,56,69)/t25?,27?,35?,40-,41?,46?/m0/s1. The monoisotopic (exact) mass is 1010 g/mol. The molecule has 9 rings (SSSR count). The summed E-state index contributed by atoms with van der Waals surface area (Å²) >= 11 is 0. The molecule has 6 atom stereocenters. The maximum absolute atomic E-state index is 14.1. The van der Waals surface area contributed by atoms with E-state index >= 15 is 0 Å². The van der Waals surface area contributed by atoms with Gasteiger partial charge >= 0.3 is 0 Å². The molecule has 3 aliphatic rings. The quantitative estimate of drug-likeness (QED) is 0.0608. The average molecular weight is 1010 g/mol. The number of ketones is 3.